The number of hydrogen-bond acceptors (Lipinski definition) is 6. The Morgan fingerprint density at radius 1 is 1.56 bits per heavy atom. The van der Waals surface area contributed by atoms with E-state index in [4.69, 9.17) is 14.7 Å². The van der Waals surface area contributed by atoms with Gasteiger partial charge in [-0.3, -0.25) is 9.89 Å². The Morgan fingerprint density at radius 2 is 2.40 bits per heavy atom. The fraction of sp³-hybridized carbons (Fsp3) is 0.412. The zero-order valence-corrected chi connectivity index (χ0v) is 14.1. The van der Waals surface area contributed by atoms with E-state index >= 15 is 0 Å². The minimum absolute atomic E-state index is 0.136. The summed E-state index contributed by atoms with van der Waals surface area (Å²) in [6.45, 7) is 4.80. The van der Waals surface area contributed by atoms with Crippen LogP contribution in [0.15, 0.2) is 24.3 Å². The van der Waals surface area contributed by atoms with Gasteiger partial charge in [-0.1, -0.05) is 6.07 Å². The van der Waals surface area contributed by atoms with Crippen molar-refractivity contribution in [2.24, 2.45) is 0 Å². The molecule has 3 rings (SSSR count). The Morgan fingerprint density at radius 3 is 3.12 bits per heavy atom. The number of ether oxygens (including phenoxy) is 2. The Balaban J connectivity index is 1.64. The van der Waals surface area contributed by atoms with Crippen LogP contribution in [-0.4, -0.2) is 51.8 Å². The molecule has 0 spiro atoms. The van der Waals surface area contributed by atoms with Crippen LogP contribution in [0, 0.1) is 18.3 Å². The zero-order chi connectivity index (χ0) is 17.8. The van der Waals surface area contributed by atoms with E-state index in [-0.39, 0.29) is 12.0 Å². The molecule has 1 aliphatic heterocycles. The van der Waals surface area contributed by atoms with Gasteiger partial charge in [0, 0.05) is 6.54 Å². The SMILES string of the molecule is Cc1nc([C@H]2CN(C(=O)[C@@H](C)Oc3cccc(C#N)c3)CCO2)n[nH]1. The highest BCUT2D eigenvalue weighted by Crippen LogP contribution is 2.21. The monoisotopic (exact) mass is 341 g/mol. The van der Waals surface area contributed by atoms with Crippen LogP contribution in [0.25, 0.3) is 0 Å². The Bertz CT molecular complexity index is 798. The van der Waals surface area contributed by atoms with E-state index in [9.17, 15) is 4.79 Å². The lowest BCUT2D eigenvalue weighted by molar-refractivity contribution is -0.146. The van der Waals surface area contributed by atoms with Gasteiger partial charge in [0.05, 0.1) is 24.8 Å². The normalized spacial score (nSPS) is 18.4. The van der Waals surface area contributed by atoms with Crippen LogP contribution in [0.1, 0.15) is 30.2 Å². The van der Waals surface area contributed by atoms with Gasteiger partial charge >= 0.3 is 0 Å². The summed E-state index contributed by atoms with van der Waals surface area (Å²) >= 11 is 0. The van der Waals surface area contributed by atoms with Crippen molar-refractivity contribution in [2.45, 2.75) is 26.1 Å². The van der Waals surface area contributed by atoms with Crippen LogP contribution in [0.5, 0.6) is 5.75 Å². The molecule has 1 N–H and O–H groups in total. The van der Waals surface area contributed by atoms with Gasteiger partial charge in [0.15, 0.2) is 11.9 Å². The molecule has 0 aliphatic carbocycles. The highest BCUT2D eigenvalue weighted by atomic mass is 16.5. The van der Waals surface area contributed by atoms with Crippen molar-refractivity contribution in [1.82, 2.24) is 20.1 Å². The van der Waals surface area contributed by atoms with Crippen LogP contribution in [-0.2, 0) is 9.53 Å². The quantitative estimate of drug-likeness (QED) is 0.900. The molecule has 1 saturated heterocycles. The summed E-state index contributed by atoms with van der Waals surface area (Å²) in [4.78, 5) is 18.6. The van der Waals surface area contributed by atoms with Gasteiger partial charge in [0.1, 0.15) is 17.7 Å². The van der Waals surface area contributed by atoms with Gasteiger partial charge in [-0.2, -0.15) is 10.4 Å². The number of rotatable bonds is 4. The van der Waals surface area contributed by atoms with Gasteiger partial charge in [-0.15, -0.1) is 0 Å². The smallest absolute Gasteiger partial charge is 0.263 e. The third-order valence-corrected chi connectivity index (χ3v) is 3.90. The van der Waals surface area contributed by atoms with Crippen molar-refractivity contribution >= 4 is 5.91 Å². The fourth-order valence-electron chi connectivity index (χ4n) is 2.66. The standard InChI is InChI=1S/C17H19N5O3/c1-11(25-14-5-3-4-13(8-14)9-18)17(23)22-6-7-24-15(10-22)16-19-12(2)20-21-16/h3-5,8,11,15H,6-7,10H2,1-2H3,(H,19,20,21)/t11-,15-/m1/s1. The summed E-state index contributed by atoms with van der Waals surface area (Å²) in [7, 11) is 0. The first-order chi connectivity index (χ1) is 12.1. The Hall–Kier alpha value is -2.92. The third-order valence-electron chi connectivity index (χ3n) is 3.90. The van der Waals surface area contributed by atoms with Crippen LogP contribution in [0.4, 0.5) is 0 Å². The topological polar surface area (TPSA) is 104 Å². The first kappa shape index (κ1) is 16.9. The van der Waals surface area contributed by atoms with Gasteiger partial charge in [0.2, 0.25) is 0 Å². The maximum absolute atomic E-state index is 12.7. The molecule has 1 amide bonds. The molecule has 8 heteroatoms. The van der Waals surface area contributed by atoms with Crippen molar-refractivity contribution in [1.29, 1.82) is 5.26 Å². The highest BCUT2D eigenvalue weighted by Gasteiger charge is 2.30. The molecular weight excluding hydrogens is 322 g/mol. The maximum Gasteiger partial charge on any atom is 0.263 e. The third kappa shape index (κ3) is 3.95. The molecule has 2 aromatic rings. The number of nitrogens with one attached hydrogen (secondary N) is 1. The number of carbonyl (C=O) groups is 1. The van der Waals surface area contributed by atoms with Gasteiger partial charge in [-0.25, -0.2) is 4.98 Å². The number of amides is 1. The van der Waals surface area contributed by atoms with Gasteiger partial charge in [-0.05, 0) is 32.0 Å². The fourth-order valence-corrected chi connectivity index (χ4v) is 2.66. The number of morpholine rings is 1. The average molecular weight is 341 g/mol. The number of nitrogens with zero attached hydrogens (tertiary/aromatic N) is 4. The summed E-state index contributed by atoms with van der Waals surface area (Å²) in [6, 6.07) is 8.80. The number of aryl methyl sites for hydroxylation is 1. The number of aromatic nitrogens is 3. The Kier molecular flexibility index (Phi) is 4.95. The summed E-state index contributed by atoms with van der Waals surface area (Å²) in [5.41, 5.74) is 0.489. The predicted molar refractivity (Wildman–Crippen MR) is 87.6 cm³/mol. The van der Waals surface area contributed by atoms with Crippen LogP contribution >= 0.6 is 0 Å². The molecule has 1 aliphatic rings. The predicted octanol–water partition coefficient (Wildman–Crippen LogP) is 1.35. The summed E-state index contributed by atoms with van der Waals surface area (Å²) in [5, 5.41) is 15.8. The number of carbonyl (C=O) groups excluding carboxylic acids is 1. The van der Waals surface area contributed by atoms with E-state index < -0.39 is 6.10 Å². The van der Waals surface area contributed by atoms with Crippen molar-refractivity contribution < 1.29 is 14.3 Å². The number of benzene rings is 1. The first-order valence-electron chi connectivity index (χ1n) is 8.03. The lowest BCUT2D eigenvalue weighted by Crippen LogP contribution is -2.47. The van der Waals surface area contributed by atoms with Crippen LogP contribution in [0.3, 0.4) is 0 Å². The molecule has 0 radical (unpaired) electrons. The maximum atomic E-state index is 12.7. The van der Waals surface area contributed by atoms with Gasteiger partial charge in [0.25, 0.3) is 5.91 Å². The second-order valence-electron chi connectivity index (χ2n) is 5.82. The summed E-state index contributed by atoms with van der Waals surface area (Å²) in [5.74, 6) is 1.61. The largest absolute Gasteiger partial charge is 0.481 e. The number of H-pyrrole nitrogens is 1. The van der Waals surface area contributed by atoms with E-state index in [0.717, 1.165) is 0 Å². The lowest BCUT2D eigenvalue weighted by atomic mass is 10.2. The Labute approximate surface area is 145 Å². The minimum atomic E-state index is -0.665. The average Bonchev–Trinajstić information content (AvgIpc) is 3.07. The second-order valence-corrected chi connectivity index (χ2v) is 5.82. The first-order valence-corrected chi connectivity index (χ1v) is 8.03. The second kappa shape index (κ2) is 7.32. The minimum Gasteiger partial charge on any atom is -0.481 e. The lowest BCUT2D eigenvalue weighted by Gasteiger charge is -2.33. The van der Waals surface area contributed by atoms with Crippen LogP contribution in [0.2, 0.25) is 0 Å². The molecule has 1 aromatic carbocycles. The molecule has 0 unspecified atom stereocenters. The number of nitriles is 1. The van der Waals surface area contributed by atoms with Gasteiger partial charge < -0.3 is 14.4 Å². The van der Waals surface area contributed by atoms with E-state index in [1.807, 2.05) is 6.92 Å². The molecule has 8 nitrogen and oxygen atoms in total. The molecule has 1 aromatic heterocycles. The van der Waals surface area contributed by atoms with Crippen LogP contribution < -0.4 is 4.74 Å². The number of hydrogen-bond donors (Lipinski definition) is 1. The van der Waals surface area contributed by atoms with Crippen molar-refractivity contribution in [3.63, 3.8) is 0 Å². The number of aromatic amines is 1. The molecular formula is C17H19N5O3. The molecule has 2 atom stereocenters. The molecule has 0 saturated carbocycles. The molecule has 1 fully saturated rings. The zero-order valence-electron chi connectivity index (χ0n) is 14.1. The highest BCUT2D eigenvalue weighted by molar-refractivity contribution is 5.81. The molecule has 2 heterocycles. The van der Waals surface area contributed by atoms with E-state index in [1.165, 1.54) is 0 Å². The molecule has 130 valence electrons. The van der Waals surface area contributed by atoms with Crippen molar-refractivity contribution in [3.8, 4) is 11.8 Å². The van der Waals surface area contributed by atoms with Crippen molar-refractivity contribution in [2.75, 3.05) is 19.7 Å². The molecule has 0 bridgehead atoms. The summed E-state index contributed by atoms with van der Waals surface area (Å²) < 4.78 is 11.4. The van der Waals surface area contributed by atoms with E-state index in [2.05, 4.69) is 21.3 Å². The van der Waals surface area contributed by atoms with Crippen molar-refractivity contribution in [3.05, 3.63) is 41.5 Å². The molecule has 25 heavy (non-hydrogen) atoms. The summed E-state index contributed by atoms with van der Waals surface area (Å²) in [6.07, 6.45) is -1.02. The van der Waals surface area contributed by atoms with E-state index in [1.54, 1.807) is 36.1 Å². The van der Waals surface area contributed by atoms with E-state index in [0.29, 0.717) is 42.7 Å².